The molecule has 2 heterocycles. The van der Waals surface area contributed by atoms with Gasteiger partial charge in [-0.15, -0.1) is 0 Å². The van der Waals surface area contributed by atoms with E-state index < -0.39 is 10.0 Å². The van der Waals surface area contributed by atoms with Crippen LogP contribution in [0.2, 0.25) is 5.02 Å². The van der Waals surface area contributed by atoms with Crippen LogP contribution >= 0.6 is 11.6 Å². The lowest BCUT2D eigenvalue weighted by molar-refractivity contribution is 0.275. The molecule has 3 rings (SSSR count). The van der Waals surface area contributed by atoms with Crippen molar-refractivity contribution in [3.05, 3.63) is 53.3 Å². The molecule has 2 aromatic rings. The zero-order valence-corrected chi connectivity index (χ0v) is 16.2. The molecular weight excluding hydrogens is 374 g/mol. The smallest absolute Gasteiger partial charge is 0.246 e. The Labute approximate surface area is 159 Å². The van der Waals surface area contributed by atoms with Crippen molar-refractivity contribution in [1.82, 2.24) is 14.2 Å². The number of hydrogen-bond acceptors (Lipinski definition) is 5. The number of benzene rings is 1. The fourth-order valence-corrected chi connectivity index (χ4v) is 4.95. The van der Waals surface area contributed by atoms with Crippen molar-refractivity contribution >= 4 is 21.6 Å². The van der Waals surface area contributed by atoms with Crippen molar-refractivity contribution in [2.75, 3.05) is 33.3 Å². The van der Waals surface area contributed by atoms with Crippen molar-refractivity contribution in [2.45, 2.75) is 17.9 Å². The first-order valence-corrected chi connectivity index (χ1v) is 10.3. The molecule has 0 bridgehead atoms. The summed E-state index contributed by atoms with van der Waals surface area (Å²) in [5, 5.41) is 0.371. The second kappa shape index (κ2) is 8.35. The van der Waals surface area contributed by atoms with E-state index in [-0.39, 0.29) is 4.90 Å². The van der Waals surface area contributed by atoms with E-state index in [2.05, 4.69) is 9.88 Å². The molecular formula is C18H22ClN3O3S. The third kappa shape index (κ3) is 4.35. The maximum Gasteiger partial charge on any atom is 0.246 e. The fourth-order valence-electron chi connectivity index (χ4n) is 3.06. The van der Waals surface area contributed by atoms with E-state index in [1.54, 1.807) is 18.3 Å². The summed E-state index contributed by atoms with van der Waals surface area (Å²) >= 11 is 6.01. The highest BCUT2D eigenvalue weighted by Crippen LogP contribution is 2.30. The van der Waals surface area contributed by atoms with Gasteiger partial charge in [0, 0.05) is 37.4 Å². The molecule has 0 aliphatic carbocycles. The Kier molecular flexibility index (Phi) is 6.13. The summed E-state index contributed by atoms with van der Waals surface area (Å²) in [6.45, 7) is 3.09. The lowest BCUT2D eigenvalue weighted by Gasteiger charge is -2.22. The lowest BCUT2D eigenvalue weighted by Crippen LogP contribution is -2.35. The minimum Gasteiger partial charge on any atom is -0.495 e. The molecule has 1 aromatic carbocycles. The third-order valence-corrected chi connectivity index (χ3v) is 6.56. The van der Waals surface area contributed by atoms with Crippen LogP contribution in [-0.2, 0) is 16.6 Å². The Morgan fingerprint density at radius 1 is 1.15 bits per heavy atom. The monoisotopic (exact) mass is 395 g/mol. The Balaban J connectivity index is 1.75. The van der Waals surface area contributed by atoms with Crippen LogP contribution in [0.15, 0.2) is 47.5 Å². The minimum absolute atomic E-state index is 0.116. The molecule has 26 heavy (non-hydrogen) atoms. The SMILES string of the molecule is COc1ccc(Cl)cc1S(=O)(=O)N1CCCN(Cc2ccccn2)CC1. The van der Waals surface area contributed by atoms with Gasteiger partial charge in [0.05, 0.1) is 12.8 Å². The van der Waals surface area contributed by atoms with E-state index in [1.807, 2.05) is 18.2 Å². The number of methoxy groups -OCH3 is 1. The lowest BCUT2D eigenvalue weighted by atomic mass is 10.3. The summed E-state index contributed by atoms with van der Waals surface area (Å²) in [5.41, 5.74) is 0.986. The number of aromatic nitrogens is 1. The number of sulfonamides is 1. The number of rotatable bonds is 5. The van der Waals surface area contributed by atoms with E-state index in [0.717, 1.165) is 25.2 Å². The molecule has 1 aliphatic heterocycles. The van der Waals surface area contributed by atoms with Gasteiger partial charge in [-0.25, -0.2) is 8.42 Å². The van der Waals surface area contributed by atoms with Gasteiger partial charge in [0.25, 0.3) is 0 Å². The number of halogens is 1. The van der Waals surface area contributed by atoms with E-state index in [4.69, 9.17) is 16.3 Å². The molecule has 140 valence electrons. The molecule has 0 saturated carbocycles. The van der Waals surface area contributed by atoms with Crippen LogP contribution in [0.1, 0.15) is 12.1 Å². The highest BCUT2D eigenvalue weighted by atomic mass is 35.5. The predicted octanol–water partition coefficient (Wildman–Crippen LogP) is 2.64. The standard InChI is InChI=1S/C18H22ClN3O3S/c1-25-17-7-6-15(19)13-18(17)26(23,24)22-10-4-9-21(11-12-22)14-16-5-2-3-8-20-16/h2-3,5-8,13H,4,9-12,14H2,1H3. The highest BCUT2D eigenvalue weighted by molar-refractivity contribution is 7.89. The average molecular weight is 396 g/mol. The molecule has 0 atom stereocenters. The van der Waals surface area contributed by atoms with Gasteiger partial charge in [0.1, 0.15) is 10.6 Å². The van der Waals surface area contributed by atoms with Crippen molar-refractivity contribution in [3.63, 3.8) is 0 Å². The second-order valence-electron chi connectivity index (χ2n) is 6.15. The van der Waals surface area contributed by atoms with Gasteiger partial charge in [0.2, 0.25) is 10.0 Å². The summed E-state index contributed by atoms with van der Waals surface area (Å²) in [6, 6.07) is 10.5. The first-order valence-electron chi connectivity index (χ1n) is 8.46. The molecule has 0 N–H and O–H groups in total. The van der Waals surface area contributed by atoms with E-state index in [1.165, 1.54) is 17.5 Å². The topological polar surface area (TPSA) is 62.7 Å². The van der Waals surface area contributed by atoms with Crippen LogP contribution in [0.4, 0.5) is 0 Å². The first kappa shape index (κ1) is 19.1. The molecule has 1 aromatic heterocycles. The van der Waals surface area contributed by atoms with Crippen LogP contribution in [0.5, 0.6) is 5.75 Å². The quantitative estimate of drug-likeness (QED) is 0.778. The van der Waals surface area contributed by atoms with Crippen molar-refractivity contribution < 1.29 is 13.2 Å². The normalized spacial score (nSPS) is 17.0. The molecule has 0 unspecified atom stereocenters. The van der Waals surface area contributed by atoms with Gasteiger partial charge in [-0.3, -0.25) is 9.88 Å². The van der Waals surface area contributed by atoms with Crippen LogP contribution in [-0.4, -0.2) is 55.9 Å². The average Bonchev–Trinajstić information content (AvgIpc) is 2.88. The zero-order valence-electron chi connectivity index (χ0n) is 14.6. The van der Waals surface area contributed by atoms with Crippen molar-refractivity contribution in [3.8, 4) is 5.75 Å². The number of ether oxygens (including phenoxy) is 1. The second-order valence-corrected chi connectivity index (χ2v) is 8.49. The van der Waals surface area contributed by atoms with Gasteiger partial charge in [-0.05, 0) is 43.3 Å². The Morgan fingerprint density at radius 3 is 2.73 bits per heavy atom. The molecule has 0 spiro atoms. The zero-order chi connectivity index (χ0) is 18.6. The van der Waals surface area contributed by atoms with Crippen LogP contribution in [0.3, 0.4) is 0 Å². The number of hydrogen-bond donors (Lipinski definition) is 0. The van der Waals surface area contributed by atoms with Crippen LogP contribution in [0.25, 0.3) is 0 Å². The summed E-state index contributed by atoms with van der Waals surface area (Å²) in [7, 11) is -2.21. The molecule has 8 heteroatoms. The molecule has 1 fully saturated rings. The maximum absolute atomic E-state index is 13.1. The van der Waals surface area contributed by atoms with E-state index >= 15 is 0 Å². The number of pyridine rings is 1. The Bertz CT molecular complexity index is 846. The first-order chi connectivity index (χ1) is 12.5. The van der Waals surface area contributed by atoms with Crippen LogP contribution in [0, 0.1) is 0 Å². The number of nitrogens with zero attached hydrogens (tertiary/aromatic N) is 3. The predicted molar refractivity (Wildman–Crippen MR) is 101 cm³/mol. The Morgan fingerprint density at radius 2 is 2.00 bits per heavy atom. The van der Waals surface area contributed by atoms with Gasteiger partial charge in [-0.1, -0.05) is 17.7 Å². The minimum atomic E-state index is -3.67. The molecule has 6 nitrogen and oxygen atoms in total. The van der Waals surface area contributed by atoms with Gasteiger partial charge in [0.15, 0.2) is 0 Å². The van der Waals surface area contributed by atoms with Gasteiger partial charge < -0.3 is 4.74 Å². The maximum atomic E-state index is 13.1. The summed E-state index contributed by atoms with van der Waals surface area (Å²) < 4.78 is 32.9. The van der Waals surface area contributed by atoms with Crippen molar-refractivity contribution in [2.24, 2.45) is 0 Å². The van der Waals surface area contributed by atoms with Gasteiger partial charge in [-0.2, -0.15) is 4.31 Å². The van der Waals surface area contributed by atoms with Crippen molar-refractivity contribution in [1.29, 1.82) is 0 Å². The largest absolute Gasteiger partial charge is 0.495 e. The highest BCUT2D eigenvalue weighted by Gasteiger charge is 2.29. The molecule has 1 aliphatic rings. The third-order valence-electron chi connectivity index (χ3n) is 4.40. The van der Waals surface area contributed by atoms with Gasteiger partial charge >= 0.3 is 0 Å². The van der Waals surface area contributed by atoms with Crippen LogP contribution < -0.4 is 4.74 Å². The summed E-state index contributed by atoms with van der Waals surface area (Å²) in [6.07, 6.45) is 2.53. The fraction of sp³-hybridized carbons (Fsp3) is 0.389. The molecule has 1 saturated heterocycles. The van der Waals surface area contributed by atoms with E-state index in [9.17, 15) is 8.42 Å². The Hall–Kier alpha value is -1.67. The summed E-state index contributed by atoms with van der Waals surface area (Å²) in [4.78, 5) is 6.69. The van der Waals surface area contributed by atoms with E-state index in [0.29, 0.717) is 30.4 Å². The summed E-state index contributed by atoms with van der Waals surface area (Å²) in [5.74, 6) is 0.309. The molecule has 0 amide bonds. The molecule has 0 radical (unpaired) electrons.